The van der Waals surface area contributed by atoms with Gasteiger partial charge in [-0.2, -0.15) is 0 Å². The van der Waals surface area contributed by atoms with Crippen molar-refractivity contribution in [3.8, 4) is 0 Å². The van der Waals surface area contributed by atoms with E-state index >= 15 is 0 Å². The molecule has 1 rings (SSSR count). The molecule has 0 aromatic rings. The van der Waals surface area contributed by atoms with Crippen LogP contribution in [-0.2, 0) is 9.53 Å². The van der Waals surface area contributed by atoms with E-state index in [0.29, 0.717) is 19.4 Å². The Hall–Kier alpha value is -0.610. The second kappa shape index (κ2) is 6.36. The van der Waals surface area contributed by atoms with Gasteiger partial charge in [-0.1, -0.05) is 13.8 Å². The Balaban J connectivity index is 2.64. The summed E-state index contributed by atoms with van der Waals surface area (Å²) in [6, 6.07) is 0. The van der Waals surface area contributed by atoms with Crippen LogP contribution in [0.15, 0.2) is 0 Å². The van der Waals surface area contributed by atoms with Crippen molar-refractivity contribution in [2.45, 2.75) is 57.6 Å². The molecule has 100 valence electrons. The number of carboxylic acids is 1. The molecule has 0 saturated carbocycles. The number of rotatable bonds is 6. The molecule has 4 heteroatoms. The summed E-state index contributed by atoms with van der Waals surface area (Å²) in [5.74, 6) is -0.721. The molecule has 1 unspecified atom stereocenters. The second-order valence-electron chi connectivity index (χ2n) is 4.91. The molecule has 0 aromatic heterocycles. The summed E-state index contributed by atoms with van der Waals surface area (Å²) in [5, 5.41) is 9.44. The summed E-state index contributed by atoms with van der Waals surface area (Å²) in [6.07, 6.45) is 4.82. The van der Waals surface area contributed by atoms with Crippen LogP contribution in [-0.4, -0.2) is 47.8 Å². The van der Waals surface area contributed by atoms with Crippen LogP contribution in [0.3, 0.4) is 0 Å². The number of hydrogen-bond acceptors (Lipinski definition) is 3. The Morgan fingerprint density at radius 2 is 2.06 bits per heavy atom. The van der Waals surface area contributed by atoms with Gasteiger partial charge in [0.25, 0.3) is 0 Å². The average molecular weight is 243 g/mol. The largest absolute Gasteiger partial charge is 0.480 e. The lowest BCUT2D eigenvalue weighted by Gasteiger charge is -2.39. The van der Waals surface area contributed by atoms with E-state index in [1.807, 2.05) is 25.8 Å². The third-order valence-electron chi connectivity index (χ3n) is 4.05. The number of hydrogen-bond donors (Lipinski definition) is 1. The minimum Gasteiger partial charge on any atom is -0.480 e. The van der Waals surface area contributed by atoms with Crippen molar-refractivity contribution in [1.29, 1.82) is 0 Å². The van der Waals surface area contributed by atoms with Crippen LogP contribution in [0.5, 0.6) is 0 Å². The molecule has 1 atom stereocenters. The summed E-state index contributed by atoms with van der Waals surface area (Å²) in [6.45, 7) is 5.41. The van der Waals surface area contributed by atoms with Gasteiger partial charge in [-0.05, 0) is 39.2 Å². The molecular weight excluding hydrogens is 218 g/mol. The van der Waals surface area contributed by atoms with Crippen molar-refractivity contribution in [3.05, 3.63) is 0 Å². The molecule has 0 radical (unpaired) electrons. The highest BCUT2D eigenvalue weighted by molar-refractivity contribution is 5.78. The molecule has 1 N–H and O–H groups in total. The Morgan fingerprint density at radius 1 is 1.41 bits per heavy atom. The normalized spacial score (nSPS) is 21.8. The number of ether oxygens (including phenoxy) is 1. The molecule has 0 amide bonds. The third kappa shape index (κ3) is 3.19. The van der Waals surface area contributed by atoms with E-state index in [9.17, 15) is 9.90 Å². The van der Waals surface area contributed by atoms with E-state index in [2.05, 4.69) is 0 Å². The Bertz CT molecular complexity index is 245. The molecule has 17 heavy (non-hydrogen) atoms. The monoisotopic (exact) mass is 243 g/mol. The van der Waals surface area contributed by atoms with Gasteiger partial charge in [0.15, 0.2) is 0 Å². The summed E-state index contributed by atoms with van der Waals surface area (Å²) < 4.78 is 5.68. The number of carboxylic acid groups (broad SMARTS) is 1. The van der Waals surface area contributed by atoms with Gasteiger partial charge in [0.05, 0.1) is 6.10 Å². The van der Waals surface area contributed by atoms with Crippen molar-refractivity contribution in [1.82, 2.24) is 4.90 Å². The highest BCUT2D eigenvalue weighted by Gasteiger charge is 2.39. The molecule has 1 fully saturated rings. The van der Waals surface area contributed by atoms with Gasteiger partial charge in [-0.15, -0.1) is 0 Å². The standard InChI is InChI=1S/C13H25NO3/c1-4-13(5-2,12(15)16)14(3)10-11-8-6-7-9-17-11/h11H,4-10H2,1-3H3,(H,15,16). The maximum absolute atomic E-state index is 11.5. The summed E-state index contributed by atoms with van der Waals surface area (Å²) in [4.78, 5) is 13.4. The fourth-order valence-electron chi connectivity index (χ4n) is 2.69. The van der Waals surface area contributed by atoms with Gasteiger partial charge >= 0.3 is 5.97 Å². The molecule has 1 aliphatic heterocycles. The maximum Gasteiger partial charge on any atom is 0.324 e. The SMILES string of the molecule is CCC(CC)(C(=O)O)N(C)CC1CCCCO1. The van der Waals surface area contributed by atoms with Crippen LogP contribution in [0.4, 0.5) is 0 Å². The highest BCUT2D eigenvalue weighted by atomic mass is 16.5. The molecule has 0 bridgehead atoms. The van der Waals surface area contributed by atoms with Gasteiger partial charge < -0.3 is 9.84 Å². The smallest absolute Gasteiger partial charge is 0.324 e. The van der Waals surface area contributed by atoms with Crippen molar-refractivity contribution in [3.63, 3.8) is 0 Å². The van der Waals surface area contributed by atoms with E-state index in [1.54, 1.807) is 0 Å². The first-order valence-corrected chi connectivity index (χ1v) is 6.63. The van der Waals surface area contributed by atoms with Crippen molar-refractivity contribution >= 4 is 5.97 Å². The van der Waals surface area contributed by atoms with E-state index < -0.39 is 11.5 Å². The van der Waals surface area contributed by atoms with Gasteiger partial charge in [0, 0.05) is 13.2 Å². The molecule has 1 heterocycles. The average Bonchev–Trinajstić information content (AvgIpc) is 2.32. The topological polar surface area (TPSA) is 49.8 Å². The second-order valence-corrected chi connectivity index (χ2v) is 4.91. The van der Waals surface area contributed by atoms with E-state index in [-0.39, 0.29) is 6.10 Å². The quantitative estimate of drug-likeness (QED) is 0.776. The van der Waals surface area contributed by atoms with Crippen LogP contribution < -0.4 is 0 Å². The van der Waals surface area contributed by atoms with Crippen LogP contribution in [0.25, 0.3) is 0 Å². The molecule has 0 spiro atoms. The molecule has 4 nitrogen and oxygen atoms in total. The minimum absolute atomic E-state index is 0.200. The van der Waals surface area contributed by atoms with Crippen molar-refractivity contribution < 1.29 is 14.6 Å². The summed E-state index contributed by atoms with van der Waals surface area (Å²) in [5.41, 5.74) is -0.735. The Kier molecular flexibility index (Phi) is 5.40. The first kappa shape index (κ1) is 14.5. The van der Waals surface area contributed by atoms with Crippen LogP contribution in [0.1, 0.15) is 46.0 Å². The fraction of sp³-hybridized carbons (Fsp3) is 0.923. The number of aliphatic carboxylic acids is 1. The van der Waals surface area contributed by atoms with E-state index in [0.717, 1.165) is 19.4 Å². The first-order valence-electron chi connectivity index (χ1n) is 6.63. The van der Waals surface area contributed by atoms with Gasteiger partial charge in [-0.3, -0.25) is 9.69 Å². The van der Waals surface area contributed by atoms with Crippen LogP contribution in [0, 0.1) is 0 Å². The first-order chi connectivity index (χ1) is 8.06. The lowest BCUT2D eigenvalue weighted by molar-refractivity contribution is -0.153. The fourth-order valence-corrected chi connectivity index (χ4v) is 2.69. The van der Waals surface area contributed by atoms with Crippen LogP contribution >= 0.6 is 0 Å². The summed E-state index contributed by atoms with van der Waals surface area (Å²) >= 11 is 0. The molecule has 1 aliphatic rings. The molecule has 0 aromatic carbocycles. The van der Waals surface area contributed by atoms with Gasteiger partial charge in [0.1, 0.15) is 5.54 Å². The van der Waals surface area contributed by atoms with Crippen molar-refractivity contribution in [2.24, 2.45) is 0 Å². The Morgan fingerprint density at radius 3 is 2.47 bits per heavy atom. The number of carbonyl (C=O) groups is 1. The zero-order chi connectivity index (χ0) is 12.9. The molecule has 1 saturated heterocycles. The Labute approximate surface area is 104 Å². The zero-order valence-corrected chi connectivity index (χ0v) is 11.2. The zero-order valence-electron chi connectivity index (χ0n) is 11.2. The highest BCUT2D eigenvalue weighted by Crippen LogP contribution is 2.25. The molecular formula is C13H25NO3. The van der Waals surface area contributed by atoms with Crippen molar-refractivity contribution in [2.75, 3.05) is 20.2 Å². The lowest BCUT2D eigenvalue weighted by Crippen LogP contribution is -2.54. The predicted molar refractivity (Wildman–Crippen MR) is 67.2 cm³/mol. The third-order valence-corrected chi connectivity index (χ3v) is 4.05. The predicted octanol–water partition coefficient (Wildman–Crippen LogP) is 2.13. The van der Waals surface area contributed by atoms with Gasteiger partial charge in [0.2, 0.25) is 0 Å². The minimum atomic E-state index is -0.735. The van der Waals surface area contributed by atoms with Gasteiger partial charge in [-0.25, -0.2) is 0 Å². The lowest BCUT2D eigenvalue weighted by atomic mass is 9.90. The number of nitrogens with zero attached hydrogens (tertiary/aromatic N) is 1. The van der Waals surface area contributed by atoms with E-state index in [1.165, 1.54) is 6.42 Å². The van der Waals surface area contributed by atoms with Crippen LogP contribution in [0.2, 0.25) is 0 Å². The molecule has 0 aliphatic carbocycles. The van der Waals surface area contributed by atoms with E-state index in [4.69, 9.17) is 4.74 Å². The summed E-state index contributed by atoms with van der Waals surface area (Å²) in [7, 11) is 1.90. The maximum atomic E-state index is 11.5. The number of likely N-dealkylation sites (N-methyl/N-ethyl adjacent to an activating group) is 1.